The van der Waals surface area contributed by atoms with E-state index in [0.717, 1.165) is 6.07 Å². The van der Waals surface area contributed by atoms with Gasteiger partial charge in [0, 0.05) is 47.2 Å². The number of fused-ring (bicyclic) bond motifs is 1. The molecule has 0 saturated heterocycles. The molecule has 1 atom stereocenters. The number of aromatic nitrogens is 3. The van der Waals surface area contributed by atoms with Gasteiger partial charge in [-0.2, -0.15) is 5.10 Å². The number of nitrogens with zero attached hydrogens (tertiary/aromatic N) is 3. The van der Waals surface area contributed by atoms with E-state index in [1.807, 2.05) is 0 Å². The van der Waals surface area contributed by atoms with Crippen molar-refractivity contribution in [3.8, 4) is 28.5 Å². The Kier molecular flexibility index (Phi) is 9.14. The Hall–Kier alpha value is -5.63. The third kappa shape index (κ3) is 6.41. The van der Waals surface area contributed by atoms with E-state index in [1.165, 1.54) is 43.3 Å². The molecule has 11 nitrogen and oxygen atoms in total. The van der Waals surface area contributed by atoms with Gasteiger partial charge in [-0.25, -0.2) is 22.8 Å². The number of aliphatic hydroxyl groups is 1. The molecule has 6 rings (SSSR count). The van der Waals surface area contributed by atoms with Gasteiger partial charge in [0.1, 0.15) is 34.1 Å². The lowest BCUT2D eigenvalue weighted by Gasteiger charge is -2.30. The van der Waals surface area contributed by atoms with Gasteiger partial charge in [0.15, 0.2) is 11.6 Å². The first kappa shape index (κ1) is 34.2. The summed E-state index contributed by atoms with van der Waals surface area (Å²) in [5, 5.41) is 20.0. The van der Waals surface area contributed by atoms with Gasteiger partial charge >= 0.3 is 0 Å². The molecule has 0 radical (unpaired) electrons. The highest BCUT2D eigenvalue weighted by molar-refractivity contribution is 6.00. The molecular weight excluding hydrogens is 655 g/mol. The molecule has 2 amide bonds. The van der Waals surface area contributed by atoms with E-state index in [-0.39, 0.29) is 63.9 Å². The molecule has 0 spiro atoms. The Balaban J connectivity index is 1.46. The number of rotatable bonds is 13. The van der Waals surface area contributed by atoms with E-state index in [0.29, 0.717) is 29.8 Å². The zero-order valence-corrected chi connectivity index (χ0v) is 27.4. The molecular formula is C36H34F3N5O6. The van der Waals surface area contributed by atoms with Crippen molar-refractivity contribution in [2.45, 2.75) is 37.6 Å². The molecule has 2 heterocycles. The summed E-state index contributed by atoms with van der Waals surface area (Å²) in [6.07, 6.45) is 1.79. The average molecular weight is 690 g/mol. The Morgan fingerprint density at radius 1 is 1.04 bits per heavy atom. The highest BCUT2D eigenvalue weighted by Crippen LogP contribution is 2.45. The highest BCUT2D eigenvalue weighted by atomic mass is 19.2. The molecule has 5 aromatic rings. The van der Waals surface area contributed by atoms with Crippen molar-refractivity contribution in [2.75, 3.05) is 27.4 Å². The molecule has 2 aromatic heterocycles. The fraction of sp³-hybridized carbons (Fsp3) is 0.278. The summed E-state index contributed by atoms with van der Waals surface area (Å²) in [7, 11) is 2.62. The third-order valence-electron chi connectivity index (χ3n) is 8.51. The number of carbonyl (C=O) groups excluding carboxylic acids is 2. The number of hydrogen-bond donors (Lipinski definition) is 3. The molecule has 260 valence electrons. The number of nitrogens with two attached hydrogens (primary N) is 1. The number of benzene rings is 3. The van der Waals surface area contributed by atoms with E-state index in [1.54, 1.807) is 37.3 Å². The SMILES string of the molecule is CCOc1c(CC(N)=O)cc([C@@](O)(CNC(=O)c2cc(OC)c3nn(C4(F)CC4)cc3c2)c2ccccc2)nc1-c1cc(OC)c(F)cc1F. The fourth-order valence-electron chi connectivity index (χ4n) is 5.76. The van der Waals surface area contributed by atoms with Gasteiger partial charge < -0.3 is 30.4 Å². The lowest BCUT2D eigenvalue weighted by Crippen LogP contribution is -2.42. The minimum absolute atomic E-state index is 0.00995. The van der Waals surface area contributed by atoms with Crippen LogP contribution in [0.4, 0.5) is 13.2 Å². The molecule has 4 N–H and O–H groups in total. The zero-order chi connectivity index (χ0) is 35.8. The van der Waals surface area contributed by atoms with Crippen LogP contribution in [0.5, 0.6) is 17.2 Å². The molecule has 1 fully saturated rings. The van der Waals surface area contributed by atoms with Crippen LogP contribution in [0.3, 0.4) is 0 Å². The normalized spacial score (nSPS) is 14.5. The zero-order valence-electron chi connectivity index (χ0n) is 27.4. The Morgan fingerprint density at radius 3 is 2.40 bits per heavy atom. The maximum Gasteiger partial charge on any atom is 0.251 e. The molecule has 3 aromatic carbocycles. The summed E-state index contributed by atoms with van der Waals surface area (Å²) >= 11 is 0. The lowest BCUT2D eigenvalue weighted by molar-refractivity contribution is -0.117. The monoisotopic (exact) mass is 689 g/mol. The quantitative estimate of drug-likeness (QED) is 0.158. The molecule has 14 heteroatoms. The minimum atomic E-state index is -2.09. The van der Waals surface area contributed by atoms with E-state index < -0.39 is 41.4 Å². The molecule has 0 unspecified atom stereocenters. The largest absolute Gasteiger partial charge is 0.494 e. The van der Waals surface area contributed by atoms with Crippen LogP contribution in [0, 0.1) is 11.6 Å². The van der Waals surface area contributed by atoms with Crippen LogP contribution >= 0.6 is 0 Å². The van der Waals surface area contributed by atoms with Crippen molar-refractivity contribution in [3.63, 3.8) is 0 Å². The maximum atomic E-state index is 15.5. The summed E-state index contributed by atoms with van der Waals surface area (Å²) in [5.41, 5.74) is 3.97. The molecule has 1 saturated carbocycles. The van der Waals surface area contributed by atoms with Crippen molar-refractivity contribution < 1.29 is 42.1 Å². The lowest BCUT2D eigenvalue weighted by atomic mass is 9.87. The summed E-state index contributed by atoms with van der Waals surface area (Å²) in [4.78, 5) is 30.6. The van der Waals surface area contributed by atoms with E-state index in [9.17, 15) is 23.5 Å². The van der Waals surface area contributed by atoms with Crippen LogP contribution in [0.25, 0.3) is 22.2 Å². The Bertz CT molecular complexity index is 2100. The van der Waals surface area contributed by atoms with Gasteiger partial charge in [-0.05, 0) is 36.8 Å². The van der Waals surface area contributed by atoms with Crippen molar-refractivity contribution in [1.82, 2.24) is 20.1 Å². The van der Waals surface area contributed by atoms with Gasteiger partial charge in [-0.3, -0.25) is 9.59 Å². The van der Waals surface area contributed by atoms with Crippen molar-refractivity contribution in [3.05, 3.63) is 101 Å². The van der Waals surface area contributed by atoms with Crippen LogP contribution in [0.15, 0.2) is 66.9 Å². The molecule has 1 aliphatic carbocycles. The summed E-state index contributed by atoms with van der Waals surface area (Å²) in [6.45, 7) is 1.29. The fourth-order valence-corrected chi connectivity index (χ4v) is 5.76. The van der Waals surface area contributed by atoms with Crippen molar-refractivity contribution in [2.24, 2.45) is 5.73 Å². The van der Waals surface area contributed by atoms with Crippen molar-refractivity contribution in [1.29, 1.82) is 0 Å². The maximum absolute atomic E-state index is 15.5. The Labute approximate surface area is 284 Å². The first-order chi connectivity index (χ1) is 23.9. The number of pyridine rings is 1. The number of hydrogen-bond acceptors (Lipinski definition) is 8. The second-order valence-electron chi connectivity index (χ2n) is 11.9. The minimum Gasteiger partial charge on any atom is -0.494 e. The molecule has 0 aliphatic heterocycles. The van der Waals surface area contributed by atoms with Crippen LogP contribution < -0.4 is 25.3 Å². The van der Waals surface area contributed by atoms with Crippen molar-refractivity contribution >= 4 is 22.7 Å². The molecule has 1 aliphatic rings. The Morgan fingerprint density at radius 2 is 1.76 bits per heavy atom. The predicted molar refractivity (Wildman–Crippen MR) is 177 cm³/mol. The molecule has 50 heavy (non-hydrogen) atoms. The number of alkyl halides is 1. The van der Waals surface area contributed by atoms with Crippen LogP contribution in [0.1, 0.15) is 46.9 Å². The first-order valence-electron chi connectivity index (χ1n) is 15.7. The van der Waals surface area contributed by atoms with E-state index in [4.69, 9.17) is 19.9 Å². The topological polar surface area (TPSA) is 151 Å². The standard InChI is InChI=1S/C36H34F3N5O6/c1-4-50-33-20(15-30(40)45)14-29(42-32(33)24-16-27(48-2)26(38)17-25(24)37)36(47,23-8-6-5-7-9-23)19-41-34(46)21-12-22-18-44(35(39)10-11-35)43-31(22)28(13-21)49-3/h5-9,12-14,16-18,47H,4,10-11,15,19H2,1-3H3,(H2,40,45)(H,41,46)/t36-/m1/s1. The number of ether oxygens (including phenoxy) is 3. The van der Waals surface area contributed by atoms with Gasteiger partial charge in [0.2, 0.25) is 11.7 Å². The average Bonchev–Trinajstić information content (AvgIpc) is 3.70. The van der Waals surface area contributed by atoms with E-state index in [2.05, 4.69) is 15.4 Å². The van der Waals surface area contributed by atoms with Crippen LogP contribution in [-0.4, -0.2) is 59.1 Å². The van der Waals surface area contributed by atoms with Gasteiger partial charge in [-0.1, -0.05) is 30.3 Å². The number of amides is 2. The second-order valence-corrected chi connectivity index (χ2v) is 11.9. The summed E-state index contributed by atoms with van der Waals surface area (Å²) < 4.78 is 62.3. The number of halogens is 3. The highest BCUT2D eigenvalue weighted by Gasteiger charge is 2.46. The van der Waals surface area contributed by atoms with Gasteiger partial charge in [0.25, 0.3) is 5.91 Å². The third-order valence-corrected chi connectivity index (χ3v) is 8.51. The second kappa shape index (κ2) is 13.3. The first-order valence-corrected chi connectivity index (χ1v) is 15.7. The van der Waals surface area contributed by atoms with Crippen LogP contribution in [0.2, 0.25) is 0 Å². The summed E-state index contributed by atoms with van der Waals surface area (Å²) in [5.74, 6) is -4.95. The number of nitrogens with one attached hydrogen (secondary N) is 1. The van der Waals surface area contributed by atoms with Gasteiger partial charge in [0.05, 0.1) is 39.5 Å². The number of primary amides is 1. The van der Waals surface area contributed by atoms with Gasteiger partial charge in [-0.15, -0.1) is 0 Å². The number of methoxy groups -OCH3 is 2. The van der Waals surface area contributed by atoms with Crippen LogP contribution in [-0.2, 0) is 22.6 Å². The smallest absolute Gasteiger partial charge is 0.251 e. The number of carbonyl (C=O) groups is 2. The predicted octanol–water partition coefficient (Wildman–Crippen LogP) is 4.90. The summed E-state index contributed by atoms with van der Waals surface area (Å²) in [6, 6.07) is 14.4. The molecule has 0 bridgehead atoms. The van der Waals surface area contributed by atoms with E-state index >= 15 is 4.39 Å².